The summed E-state index contributed by atoms with van der Waals surface area (Å²) in [5.74, 6) is 0.478. The molecule has 0 aliphatic carbocycles. The number of hydrogen-bond donors (Lipinski definition) is 1. The first-order chi connectivity index (χ1) is 13.5. The zero-order chi connectivity index (χ0) is 20.4. The maximum Gasteiger partial charge on any atom is 0.261 e. The van der Waals surface area contributed by atoms with Gasteiger partial charge in [-0.25, -0.2) is 4.39 Å². The first-order valence-corrected chi connectivity index (χ1v) is 9.33. The molecular weight excluding hydrogens is 359 g/mol. The molecule has 0 radical (unpaired) electrons. The number of amides is 1. The number of hydrogen-bond acceptors (Lipinski definition) is 4. The Morgan fingerprint density at radius 1 is 1.14 bits per heavy atom. The van der Waals surface area contributed by atoms with Crippen LogP contribution < -0.4 is 14.8 Å². The Morgan fingerprint density at radius 3 is 2.54 bits per heavy atom. The molecule has 0 aliphatic heterocycles. The van der Waals surface area contributed by atoms with E-state index >= 15 is 0 Å². The number of nitrogens with one attached hydrogen (secondary N) is 1. The third kappa shape index (κ3) is 6.58. The summed E-state index contributed by atoms with van der Waals surface area (Å²) in [4.78, 5) is 12.5. The summed E-state index contributed by atoms with van der Waals surface area (Å²) in [5, 5.41) is 12.0. The fourth-order valence-electron chi connectivity index (χ4n) is 2.55. The van der Waals surface area contributed by atoms with Crippen molar-refractivity contribution in [1.82, 2.24) is 5.32 Å². The molecule has 28 heavy (non-hydrogen) atoms. The second-order valence-electron chi connectivity index (χ2n) is 6.69. The lowest BCUT2D eigenvalue weighted by molar-refractivity contribution is -0.129. The molecule has 2 rings (SSSR count). The van der Waals surface area contributed by atoms with Gasteiger partial charge in [0.05, 0.1) is 12.2 Å². The van der Waals surface area contributed by atoms with Crippen LogP contribution in [0.25, 0.3) is 0 Å². The van der Waals surface area contributed by atoms with E-state index in [0.717, 1.165) is 12.8 Å². The SMILES string of the molecule is CC(C)C(Oc1ccccc1C#N)C(=O)NCCCCOc1ccc(F)cc1. The number of unbranched alkanes of at least 4 members (excludes halogenated alkanes) is 1. The molecule has 0 aliphatic rings. The molecule has 2 aromatic rings. The number of nitrogens with zero attached hydrogens (tertiary/aromatic N) is 1. The van der Waals surface area contributed by atoms with Crippen molar-refractivity contribution < 1.29 is 18.7 Å². The van der Waals surface area contributed by atoms with Crippen molar-refractivity contribution in [2.75, 3.05) is 13.2 Å². The van der Waals surface area contributed by atoms with Gasteiger partial charge < -0.3 is 14.8 Å². The van der Waals surface area contributed by atoms with Crippen LogP contribution in [-0.4, -0.2) is 25.2 Å². The van der Waals surface area contributed by atoms with Crippen LogP contribution in [0.3, 0.4) is 0 Å². The Hall–Kier alpha value is -3.07. The topological polar surface area (TPSA) is 71.3 Å². The van der Waals surface area contributed by atoms with Gasteiger partial charge in [0.1, 0.15) is 23.4 Å². The van der Waals surface area contributed by atoms with Crippen molar-refractivity contribution >= 4 is 5.91 Å². The summed E-state index contributed by atoms with van der Waals surface area (Å²) >= 11 is 0. The predicted octanol–water partition coefficient (Wildman–Crippen LogP) is 4.08. The van der Waals surface area contributed by atoms with Crippen LogP contribution in [0, 0.1) is 23.1 Å². The number of para-hydroxylation sites is 1. The predicted molar refractivity (Wildman–Crippen MR) is 105 cm³/mol. The minimum absolute atomic E-state index is 0.0476. The molecule has 6 heteroatoms. The second-order valence-corrected chi connectivity index (χ2v) is 6.69. The average molecular weight is 384 g/mol. The number of nitriles is 1. The number of ether oxygens (including phenoxy) is 2. The molecule has 0 saturated carbocycles. The first kappa shape index (κ1) is 21.2. The summed E-state index contributed by atoms with van der Waals surface area (Å²) in [6.45, 7) is 4.78. The number of benzene rings is 2. The molecule has 0 saturated heterocycles. The lowest BCUT2D eigenvalue weighted by Crippen LogP contribution is -2.42. The Morgan fingerprint density at radius 2 is 1.86 bits per heavy atom. The lowest BCUT2D eigenvalue weighted by Gasteiger charge is -2.22. The molecule has 0 fully saturated rings. The smallest absolute Gasteiger partial charge is 0.261 e. The largest absolute Gasteiger partial charge is 0.494 e. The molecule has 0 bridgehead atoms. The van der Waals surface area contributed by atoms with E-state index in [1.165, 1.54) is 12.1 Å². The van der Waals surface area contributed by atoms with Crippen molar-refractivity contribution in [3.8, 4) is 17.6 Å². The van der Waals surface area contributed by atoms with Gasteiger partial charge in [-0.05, 0) is 55.2 Å². The van der Waals surface area contributed by atoms with Gasteiger partial charge in [-0.15, -0.1) is 0 Å². The van der Waals surface area contributed by atoms with Crippen molar-refractivity contribution in [2.24, 2.45) is 5.92 Å². The summed E-state index contributed by atoms with van der Waals surface area (Å²) in [6.07, 6.45) is 0.819. The molecule has 2 aromatic carbocycles. The average Bonchev–Trinajstić information content (AvgIpc) is 2.70. The van der Waals surface area contributed by atoms with E-state index in [-0.39, 0.29) is 17.6 Å². The molecule has 5 nitrogen and oxygen atoms in total. The minimum atomic E-state index is -0.676. The van der Waals surface area contributed by atoms with Crippen LogP contribution in [0.1, 0.15) is 32.3 Å². The molecular formula is C22H25FN2O3. The lowest BCUT2D eigenvalue weighted by atomic mass is 10.1. The number of carbonyl (C=O) groups is 1. The van der Waals surface area contributed by atoms with Crippen molar-refractivity contribution in [1.29, 1.82) is 5.26 Å². The highest BCUT2D eigenvalue weighted by Crippen LogP contribution is 2.20. The minimum Gasteiger partial charge on any atom is -0.494 e. The molecule has 1 amide bonds. The summed E-state index contributed by atoms with van der Waals surface area (Å²) in [7, 11) is 0. The summed E-state index contributed by atoms with van der Waals surface area (Å²) in [6, 6.07) is 14.8. The zero-order valence-electron chi connectivity index (χ0n) is 16.2. The highest BCUT2D eigenvalue weighted by molar-refractivity contribution is 5.81. The Balaban J connectivity index is 1.74. The van der Waals surface area contributed by atoms with E-state index < -0.39 is 6.10 Å². The van der Waals surface area contributed by atoms with Crippen LogP contribution >= 0.6 is 0 Å². The van der Waals surface area contributed by atoms with Gasteiger partial charge in [-0.3, -0.25) is 4.79 Å². The Labute approximate surface area is 165 Å². The van der Waals surface area contributed by atoms with Crippen LogP contribution in [0.4, 0.5) is 4.39 Å². The van der Waals surface area contributed by atoms with Crippen molar-refractivity contribution in [3.63, 3.8) is 0 Å². The van der Waals surface area contributed by atoms with E-state index in [0.29, 0.717) is 30.2 Å². The van der Waals surface area contributed by atoms with E-state index in [1.807, 2.05) is 13.8 Å². The zero-order valence-corrected chi connectivity index (χ0v) is 16.2. The number of rotatable bonds is 10. The van der Waals surface area contributed by atoms with Crippen molar-refractivity contribution in [2.45, 2.75) is 32.8 Å². The van der Waals surface area contributed by atoms with Gasteiger partial charge in [0, 0.05) is 6.54 Å². The third-order valence-electron chi connectivity index (χ3n) is 4.08. The molecule has 0 heterocycles. The van der Waals surface area contributed by atoms with Gasteiger partial charge >= 0.3 is 0 Å². The van der Waals surface area contributed by atoms with Crippen LogP contribution in [0.15, 0.2) is 48.5 Å². The highest BCUT2D eigenvalue weighted by Gasteiger charge is 2.24. The van der Waals surface area contributed by atoms with Crippen LogP contribution in [0.2, 0.25) is 0 Å². The van der Waals surface area contributed by atoms with E-state index in [9.17, 15) is 9.18 Å². The van der Waals surface area contributed by atoms with Gasteiger partial charge in [0.2, 0.25) is 0 Å². The quantitative estimate of drug-likeness (QED) is 0.627. The molecule has 148 valence electrons. The molecule has 0 aromatic heterocycles. The third-order valence-corrected chi connectivity index (χ3v) is 4.08. The van der Waals surface area contributed by atoms with E-state index in [1.54, 1.807) is 36.4 Å². The summed E-state index contributed by atoms with van der Waals surface area (Å²) in [5.41, 5.74) is 0.402. The van der Waals surface area contributed by atoms with Gasteiger partial charge in [-0.2, -0.15) is 5.26 Å². The Bertz CT molecular complexity index is 800. The number of halogens is 1. The molecule has 1 atom stereocenters. The first-order valence-electron chi connectivity index (χ1n) is 9.33. The second kappa shape index (κ2) is 10.9. The highest BCUT2D eigenvalue weighted by atomic mass is 19.1. The van der Waals surface area contributed by atoms with Crippen molar-refractivity contribution in [3.05, 3.63) is 59.9 Å². The fourth-order valence-corrected chi connectivity index (χ4v) is 2.55. The maximum atomic E-state index is 12.8. The van der Waals surface area contributed by atoms with Crippen LogP contribution in [-0.2, 0) is 4.79 Å². The van der Waals surface area contributed by atoms with E-state index in [2.05, 4.69) is 11.4 Å². The summed E-state index contributed by atoms with van der Waals surface area (Å²) < 4.78 is 24.2. The molecule has 0 spiro atoms. The van der Waals surface area contributed by atoms with Gasteiger partial charge in [-0.1, -0.05) is 26.0 Å². The standard InChI is InChI=1S/C22H25FN2O3/c1-16(2)21(28-20-8-4-3-7-17(20)15-24)22(26)25-13-5-6-14-27-19-11-9-18(23)10-12-19/h3-4,7-12,16,21H,5-6,13-14H2,1-2H3,(H,25,26). The normalized spacial score (nSPS) is 11.5. The molecule has 1 N–H and O–H groups in total. The molecule has 1 unspecified atom stereocenters. The van der Waals surface area contributed by atoms with Crippen LogP contribution in [0.5, 0.6) is 11.5 Å². The Kier molecular flexibility index (Phi) is 8.29. The monoisotopic (exact) mass is 384 g/mol. The fraction of sp³-hybridized carbons (Fsp3) is 0.364. The van der Waals surface area contributed by atoms with E-state index in [4.69, 9.17) is 14.7 Å². The van der Waals surface area contributed by atoms with Gasteiger partial charge in [0.15, 0.2) is 6.10 Å². The maximum absolute atomic E-state index is 12.8. The van der Waals surface area contributed by atoms with Gasteiger partial charge in [0.25, 0.3) is 5.91 Å². The number of carbonyl (C=O) groups excluding carboxylic acids is 1.